The van der Waals surface area contributed by atoms with Crippen molar-refractivity contribution in [2.24, 2.45) is 0 Å². The first-order valence-electron chi connectivity index (χ1n) is 9.33. The number of nitrogens with one attached hydrogen (secondary N) is 2. The van der Waals surface area contributed by atoms with Crippen molar-refractivity contribution in [1.29, 1.82) is 0 Å². The molecule has 1 aliphatic rings. The number of aromatic nitrogens is 2. The third-order valence-electron chi connectivity index (χ3n) is 5.18. The highest BCUT2D eigenvalue weighted by atomic mass is 16.5. The molecule has 2 N–H and O–H groups in total. The van der Waals surface area contributed by atoms with Crippen molar-refractivity contribution in [2.75, 3.05) is 6.61 Å². The molecule has 0 spiro atoms. The smallest absolute Gasteiger partial charge is 0.251 e. The van der Waals surface area contributed by atoms with Gasteiger partial charge in [0.05, 0.1) is 12.6 Å². The van der Waals surface area contributed by atoms with Gasteiger partial charge < -0.3 is 15.0 Å². The van der Waals surface area contributed by atoms with E-state index in [-0.39, 0.29) is 11.9 Å². The van der Waals surface area contributed by atoms with Gasteiger partial charge in [-0.15, -0.1) is 0 Å². The van der Waals surface area contributed by atoms with E-state index in [4.69, 9.17) is 4.74 Å². The number of amides is 1. The standard InChI is InChI=1S/C23H19N3O2/c27-23(18-1-3-20-17(13-18)7-11-25-20)26-21-8-12-28-22-4-2-16(14-19(21)22)15-5-9-24-10-6-15/h1-7,9-11,13-14,21,25H,8,12H2,(H,26,27). The highest BCUT2D eigenvalue weighted by Crippen LogP contribution is 2.35. The average molecular weight is 369 g/mol. The molecule has 5 nitrogen and oxygen atoms in total. The van der Waals surface area contributed by atoms with E-state index in [1.54, 1.807) is 12.4 Å². The predicted molar refractivity (Wildman–Crippen MR) is 108 cm³/mol. The van der Waals surface area contributed by atoms with Gasteiger partial charge in [-0.2, -0.15) is 0 Å². The summed E-state index contributed by atoms with van der Waals surface area (Å²) in [7, 11) is 0. The van der Waals surface area contributed by atoms with E-state index >= 15 is 0 Å². The quantitative estimate of drug-likeness (QED) is 0.559. The zero-order valence-corrected chi connectivity index (χ0v) is 15.2. The molecule has 1 atom stereocenters. The molecule has 5 rings (SSSR count). The van der Waals surface area contributed by atoms with Gasteiger partial charge in [-0.05, 0) is 59.7 Å². The van der Waals surface area contributed by atoms with Gasteiger partial charge in [0.15, 0.2) is 0 Å². The fourth-order valence-corrected chi connectivity index (χ4v) is 3.70. The summed E-state index contributed by atoms with van der Waals surface area (Å²) in [6.07, 6.45) is 6.18. The summed E-state index contributed by atoms with van der Waals surface area (Å²) < 4.78 is 5.81. The molecule has 1 amide bonds. The Kier molecular flexibility index (Phi) is 4.05. The van der Waals surface area contributed by atoms with E-state index in [9.17, 15) is 4.79 Å². The number of hydrogen-bond acceptors (Lipinski definition) is 3. The van der Waals surface area contributed by atoms with Crippen LogP contribution in [0, 0.1) is 0 Å². The lowest BCUT2D eigenvalue weighted by atomic mass is 9.95. The highest BCUT2D eigenvalue weighted by molar-refractivity contribution is 5.98. The summed E-state index contributed by atoms with van der Waals surface area (Å²) >= 11 is 0. The Labute approximate surface area is 162 Å². The zero-order valence-electron chi connectivity index (χ0n) is 15.2. The number of pyridine rings is 1. The maximum atomic E-state index is 12.9. The van der Waals surface area contributed by atoms with Crippen molar-refractivity contribution in [1.82, 2.24) is 15.3 Å². The predicted octanol–water partition coefficient (Wildman–Crippen LogP) is 4.48. The fourth-order valence-electron chi connectivity index (χ4n) is 3.70. The lowest BCUT2D eigenvalue weighted by Gasteiger charge is -2.27. The van der Waals surface area contributed by atoms with Crippen LogP contribution < -0.4 is 10.1 Å². The molecule has 0 radical (unpaired) electrons. The Morgan fingerprint density at radius 1 is 1.04 bits per heavy atom. The van der Waals surface area contributed by atoms with E-state index in [1.807, 2.05) is 54.7 Å². The summed E-state index contributed by atoms with van der Waals surface area (Å²) in [6.45, 7) is 0.587. The summed E-state index contributed by atoms with van der Waals surface area (Å²) in [6, 6.07) is 17.7. The largest absolute Gasteiger partial charge is 0.493 e. The first-order valence-corrected chi connectivity index (χ1v) is 9.33. The second kappa shape index (κ2) is 6.85. The van der Waals surface area contributed by atoms with Crippen LogP contribution in [0.25, 0.3) is 22.0 Å². The number of benzene rings is 2. The van der Waals surface area contributed by atoms with Crippen LogP contribution in [-0.2, 0) is 0 Å². The van der Waals surface area contributed by atoms with Crippen LogP contribution in [-0.4, -0.2) is 22.5 Å². The Morgan fingerprint density at radius 2 is 1.93 bits per heavy atom. The van der Waals surface area contributed by atoms with Crippen molar-refractivity contribution in [2.45, 2.75) is 12.5 Å². The maximum absolute atomic E-state index is 12.9. The van der Waals surface area contributed by atoms with Crippen molar-refractivity contribution in [3.63, 3.8) is 0 Å². The summed E-state index contributed by atoms with van der Waals surface area (Å²) in [4.78, 5) is 20.1. The monoisotopic (exact) mass is 369 g/mol. The first-order chi connectivity index (χ1) is 13.8. The van der Waals surface area contributed by atoms with E-state index in [1.165, 1.54) is 0 Å². The third kappa shape index (κ3) is 3.01. The summed E-state index contributed by atoms with van der Waals surface area (Å²) in [5.74, 6) is 0.755. The number of carbonyl (C=O) groups excluding carboxylic acids is 1. The molecule has 3 heterocycles. The third-order valence-corrected chi connectivity index (χ3v) is 5.18. The summed E-state index contributed by atoms with van der Waals surface area (Å²) in [5, 5.41) is 4.21. The number of rotatable bonds is 3. The minimum absolute atomic E-state index is 0.0738. The van der Waals surface area contributed by atoms with Gasteiger partial charge in [0.25, 0.3) is 5.91 Å². The molecule has 28 heavy (non-hydrogen) atoms. The van der Waals surface area contributed by atoms with Gasteiger partial charge >= 0.3 is 0 Å². The average Bonchev–Trinajstić information content (AvgIpc) is 3.22. The SMILES string of the molecule is O=C(NC1CCOc2ccc(-c3ccncc3)cc21)c1ccc2[nH]ccc2c1. The molecule has 0 aliphatic carbocycles. The zero-order chi connectivity index (χ0) is 18.9. The molecular formula is C23H19N3O2. The number of fused-ring (bicyclic) bond motifs is 2. The van der Waals surface area contributed by atoms with Crippen molar-refractivity contribution in [3.8, 4) is 16.9 Å². The van der Waals surface area contributed by atoms with E-state index in [0.717, 1.165) is 39.8 Å². The molecule has 4 aromatic rings. The molecule has 0 bridgehead atoms. The minimum Gasteiger partial charge on any atom is -0.493 e. The molecule has 0 fully saturated rings. The number of ether oxygens (including phenoxy) is 1. The van der Waals surface area contributed by atoms with Crippen molar-refractivity contribution < 1.29 is 9.53 Å². The lowest BCUT2D eigenvalue weighted by molar-refractivity contribution is 0.0925. The minimum atomic E-state index is -0.0834. The molecule has 5 heteroatoms. The van der Waals surface area contributed by atoms with E-state index in [0.29, 0.717) is 12.2 Å². The van der Waals surface area contributed by atoms with E-state index in [2.05, 4.69) is 21.4 Å². The van der Waals surface area contributed by atoms with Gasteiger partial charge in [-0.25, -0.2) is 0 Å². The van der Waals surface area contributed by atoms with Crippen molar-refractivity contribution in [3.05, 3.63) is 84.3 Å². The number of aromatic amines is 1. The number of carbonyl (C=O) groups is 1. The van der Waals surface area contributed by atoms with Crippen LogP contribution in [0.4, 0.5) is 0 Å². The molecule has 138 valence electrons. The molecule has 1 aliphatic heterocycles. The van der Waals surface area contributed by atoms with Crippen LogP contribution in [0.2, 0.25) is 0 Å². The Bertz CT molecular complexity index is 1150. The van der Waals surface area contributed by atoms with Gasteiger partial charge in [0, 0.05) is 47.0 Å². The second-order valence-electron chi connectivity index (χ2n) is 6.93. The van der Waals surface area contributed by atoms with Crippen LogP contribution in [0.3, 0.4) is 0 Å². The topological polar surface area (TPSA) is 67.0 Å². The van der Waals surface area contributed by atoms with Gasteiger partial charge in [-0.3, -0.25) is 9.78 Å². The van der Waals surface area contributed by atoms with Crippen LogP contribution in [0.15, 0.2) is 73.2 Å². The highest BCUT2D eigenvalue weighted by Gasteiger charge is 2.24. The molecular weight excluding hydrogens is 350 g/mol. The summed E-state index contributed by atoms with van der Waals surface area (Å²) in [5.41, 5.74) is 4.86. The molecule has 1 unspecified atom stereocenters. The molecule has 2 aromatic heterocycles. The van der Waals surface area contributed by atoms with Crippen LogP contribution in [0.1, 0.15) is 28.4 Å². The fraction of sp³-hybridized carbons (Fsp3) is 0.130. The maximum Gasteiger partial charge on any atom is 0.251 e. The Morgan fingerprint density at radius 3 is 2.82 bits per heavy atom. The number of H-pyrrole nitrogens is 1. The van der Waals surface area contributed by atoms with Crippen molar-refractivity contribution >= 4 is 16.8 Å². The normalized spacial score (nSPS) is 15.6. The Balaban J connectivity index is 1.44. The van der Waals surface area contributed by atoms with Gasteiger partial charge in [0.1, 0.15) is 5.75 Å². The van der Waals surface area contributed by atoms with E-state index < -0.39 is 0 Å². The van der Waals surface area contributed by atoms with Gasteiger partial charge in [-0.1, -0.05) is 6.07 Å². The second-order valence-corrected chi connectivity index (χ2v) is 6.93. The molecule has 0 saturated carbocycles. The van der Waals surface area contributed by atoms with Gasteiger partial charge in [0.2, 0.25) is 0 Å². The molecule has 0 saturated heterocycles. The number of nitrogens with zero attached hydrogens (tertiary/aromatic N) is 1. The van der Waals surface area contributed by atoms with Crippen LogP contribution >= 0.6 is 0 Å². The Hall–Kier alpha value is -3.60. The lowest BCUT2D eigenvalue weighted by Crippen LogP contribution is -2.32. The van der Waals surface area contributed by atoms with Crippen LogP contribution in [0.5, 0.6) is 5.75 Å². The molecule has 2 aromatic carbocycles. The number of hydrogen-bond donors (Lipinski definition) is 2. The first kappa shape index (κ1) is 16.6.